The zero-order valence-electron chi connectivity index (χ0n) is 11.5. The summed E-state index contributed by atoms with van der Waals surface area (Å²) in [6.45, 7) is 0. The Morgan fingerprint density at radius 3 is 2.40 bits per heavy atom. The first kappa shape index (κ1) is 13.5. The van der Waals surface area contributed by atoms with Crippen LogP contribution in [0.3, 0.4) is 0 Å². The van der Waals surface area contributed by atoms with Gasteiger partial charge in [0.2, 0.25) is 0 Å². The van der Waals surface area contributed by atoms with Crippen LogP contribution in [0.5, 0.6) is 0 Å². The molecule has 20 heavy (non-hydrogen) atoms. The van der Waals surface area contributed by atoms with E-state index in [4.69, 9.17) is 0 Å². The van der Waals surface area contributed by atoms with Gasteiger partial charge in [0, 0.05) is 11.5 Å². The van der Waals surface area contributed by atoms with E-state index in [1.54, 1.807) is 12.1 Å². The molecule has 0 aliphatic heterocycles. The Morgan fingerprint density at radius 1 is 1.10 bits per heavy atom. The van der Waals surface area contributed by atoms with Crippen LogP contribution in [-0.4, -0.2) is 22.3 Å². The summed E-state index contributed by atoms with van der Waals surface area (Å²) in [5.41, 5.74) is -0.243. The fourth-order valence-corrected chi connectivity index (χ4v) is 3.79. The molecule has 0 saturated heterocycles. The van der Waals surface area contributed by atoms with Gasteiger partial charge in [-0.15, -0.1) is 0 Å². The Kier molecular flexibility index (Phi) is 3.47. The zero-order valence-corrected chi connectivity index (χ0v) is 11.5. The Morgan fingerprint density at radius 2 is 1.75 bits per heavy atom. The van der Waals surface area contributed by atoms with Crippen molar-refractivity contribution in [1.29, 1.82) is 0 Å². The maximum absolute atomic E-state index is 12.5. The molecule has 3 heteroatoms. The summed E-state index contributed by atoms with van der Waals surface area (Å²) in [6, 6.07) is 9.00. The molecule has 0 bridgehead atoms. The van der Waals surface area contributed by atoms with E-state index in [0.29, 0.717) is 31.2 Å². The summed E-state index contributed by atoms with van der Waals surface area (Å²) in [6.07, 6.45) is 4.61. The van der Waals surface area contributed by atoms with Crippen molar-refractivity contribution in [3.63, 3.8) is 0 Å². The molecule has 1 aromatic rings. The number of hydrogen-bond donors (Lipinski definition) is 1. The van der Waals surface area contributed by atoms with Crippen molar-refractivity contribution in [2.24, 2.45) is 11.8 Å². The molecule has 0 heterocycles. The number of aliphatic hydroxyl groups is 1. The number of Topliss-reactive ketones (excluding diaryl/α,β-unsaturated/α-hetero) is 2. The van der Waals surface area contributed by atoms with Crippen LogP contribution in [0, 0.1) is 11.8 Å². The third kappa shape index (κ3) is 2.20. The highest BCUT2D eigenvalue weighted by atomic mass is 16.3. The molecule has 2 saturated carbocycles. The highest BCUT2D eigenvalue weighted by Crippen LogP contribution is 2.44. The van der Waals surface area contributed by atoms with Crippen LogP contribution in [0.25, 0.3) is 0 Å². The van der Waals surface area contributed by atoms with Gasteiger partial charge in [0.25, 0.3) is 0 Å². The lowest BCUT2D eigenvalue weighted by molar-refractivity contribution is -0.130. The minimum Gasteiger partial charge on any atom is -0.389 e. The average Bonchev–Trinajstić information content (AvgIpc) is 3.06. The van der Waals surface area contributed by atoms with Crippen molar-refractivity contribution in [3.8, 4) is 0 Å². The topological polar surface area (TPSA) is 54.4 Å². The SMILES string of the molecule is O=C(c1ccccc1)C1CC[C@H](C2(O)CCCC2)C1=O. The summed E-state index contributed by atoms with van der Waals surface area (Å²) in [5, 5.41) is 10.6. The predicted molar refractivity (Wildman–Crippen MR) is 75.4 cm³/mol. The van der Waals surface area contributed by atoms with E-state index >= 15 is 0 Å². The van der Waals surface area contributed by atoms with E-state index in [0.717, 1.165) is 12.8 Å². The van der Waals surface area contributed by atoms with Gasteiger partial charge in [-0.05, 0) is 25.7 Å². The number of ketones is 2. The lowest BCUT2D eigenvalue weighted by Gasteiger charge is -2.28. The third-order valence-corrected chi connectivity index (χ3v) is 4.92. The second-order valence-electron chi connectivity index (χ2n) is 6.13. The highest BCUT2D eigenvalue weighted by molar-refractivity contribution is 6.12. The smallest absolute Gasteiger partial charge is 0.173 e. The predicted octanol–water partition coefficient (Wildman–Crippen LogP) is 2.77. The van der Waals surface area contributed by atoms with Crippen LogP contribution < -0.4 is 0 Å². The van der Waals surface area contributed by atoms with Crippen molar-refractivity contribution >= 4 is 11.6 Å². The molecular formula is C17H20O3. The van der Waals surface area contributed by atoms with Gasteiger partial charge in [-0.25, -0.2) is 0 Å². The molecule has 2 aliphatic rings. The normalized spacial score (nSPS) is 28.8. The first-order valence-corrected chi connectivity index (χ1v) is 7.47. The second kappa shape index (κ2) is 5.13. The summed E-state index contributed by atoms with van der Waals surface area (Å²) >= 11 is 0. The summed E-state index contributed by atoms with van der Waals surface area (Å²) in [5.74, 6) is -1.00. The van der Waals surface area contributed by atoms with Crippen molar-refractivity contribution in [1.82, 2.24) is 0 Å². The fraction of sp³-hybridized carbons (Fsp3) is 0.529. The Labute approximate surface area is 119 Å². The van der Waals surface area contributed by atoms with Gasteiger partial charge in [0.05, 0.1) is 11.5 Å². The quantitative estimate of drug-likeness (QED) is 0.680. The molecule has 0 amide bonds. The average molecular weight is 272 g/mol. The van der Waals surface area contributed by atoms with E-state index in [1.165, 1.54) is 0 Å². The van der Waals surface area contributed by atoms with Gasteiger partial charge in [-0.1, -0.05) is 43.2 Å². The summed E-state index contributed by atoms with van der Waals surface area (Å²) < 4.78 is 0. The highest BCUT2D eigenvalue weighted by Gasteiger charge is 2.50. The molecule has 1 N–H and O–H groups in total. The van der Waals surface area contributed by atoms with Crippen molar-refractivity contribution in [2.75, 3.05) is 0 Å². The maximum Gasteiger partial charge on any atom is 0.173 e. The van der Waals surface area contributed by atoms with Crippen LogP contribution in [0.4, 0.5) is 0 Å². The molecule has 3 rings (SSSR count). The monoisotopic (exact) mass is 272 g/mol. The second-order valence-corrected chi connectivity index (χ2v) is 6.13. The molecule has 3 nitrogen and oxygen atoms in total. The molecule has 2 aliphatic carbocycles. The van der Waals surface area contributed by atoms with Gasteiger partial charge in [0.15, 0.2) is 5.78 Å². The largest absolute Gasteiger partial charge is 0.389 e. The number of benzene rings is 1. The molecule has 2 fully saturated rings. The van der Waals surface area contributed by atoms with Crippen LogP contribution in [0.15, 0.2) is 30.3 Å². The summed E-state index contributed by atoms with van der Waals surface area (Å²) in [7, 11) is 0. The number of hydrogen-bond acceptors (Lipinski definition) is 3. The first-order chi connectivity index (χ1) is 9.62. The van der Waals surface area contributed by atoms with Crippen LogP contribution >= 0.6 is 0 Å². The lowest BCUT2D eigenvalue weighted by atomic mass is 9.82. The van der Waals surface area contributed by atoms with Crippen LogP contribution in [-0.2, 0) is 4.79 Å². The standard InChI is InChI=1S/C17H20O3/c18-15(12-6-2-1-3-7-12)13-8-9-14(16(13)19)17(20)10-4-5-11-17/h1-3,6-7,13-14,20H,4-5,8-11H2/t13?,14-/m0/s1. The van der Waals surface area contributed by atoms with E-state index in [-0.39, 0.29) is 17.5 Å². The lowest BCUT2D eigenvalue weighted by Crippen LogP contribution is -2.39. The Balaban J connectivity index is 1.77. The maximum atomic E-state index is 12.5. The minimum atomic E-state index is -0.844. The van der Waals surface area contributed by atoms with Crippen molar-refractivity contribution in [2.45, 2.75) is 44.1 Å². The Bertz CT molecular complexity index is 514. The molecule has 2 atom stereocenters. The van der Waals surface area contributed by atoms with Gasteiger partial charge in [0.1, 0.15) is 5.78 Å². The number of carbonyl (C=O) groups is 2. The number of carbonyl (C=O) groups excluding carboxylic acids is 2. The summed E-state index contributed by atoms with van der Waals surface area (Å²) in [4.78, 5) is 25.0. The van der Waals surface area contributed by atoms with Crippen LogP contribution in [0.1, 0.15) is 48.9 Å². The van der Waals surface area contributed by atoms with E-state index < -0.39 is 11.5 Å². The van der Waals surface area contributed by atoms with Gasteiger partial charge >= 0.3 is 0 Å². The molecular weight excluding hydrogens is 252 g/mol. The van der Waals surface area contributed by atoms with Crippen molar-refractivity contribution < 1.29 is 14.7 Å². The molecule has 0 spiro atoms. The van der Waals surface area contributed by atoms with E-state index in [2.05, 4.69) is 0 Å². The van der Waals surface area contributed by atoms with Crippen molar-refractivity contribution in [3.05, 3.63) is 35.9 Å². The minimum absolute atomic E-state index is 0.0387. The van der Waals surface area contributed by atoms with Crippen LogP contribution in [0.2, 0.25) is 0 Å². The molecule has 1 aromatic carbocycles. The molecule has 1 unspecified atom stereocenters. The third-order valence-electron chi connectivity index (χ3n) is 4.92. The molecule has 0 radical (unpaired) electrons. The van der Waals surface area contributed by atoms with E-state index in [9.17, 15) is 14.7 Å². The fourth-order valence-electron chi connectivity index (χ4n) is 3.79. The first-order valence-electron chi connectivity index (χ1n) is 7.47. The van der Waals surface area contributed by atoms with E-state index in [1.807, 2.05) is 18.2 Å². The molecule has 106 valence electrons. The van der Waals surface area contributed by atoms with Gasteiger partial charge in [-0.3, -0.25) is 9.59 Å². The molecule has 0 aromatic heterocycles. The van der Waals surface area contributed by atoms with Gasteiger partial charge < -0.3 is 5.11 Å². The van der Waals surface area contributed by atoms with Gasteiger partial charge in [-0.2, -0.15) is 0 Å². The Hall–Kier alpha value is -1.48. The zero-order chi connectivity index (χ0) is 14.2. The number of rotatable bonds is 3.